The molecule has 3 heteroatoms. The Morgan fingerprint density at radius 3 is 2.47 bits per heavy atom. The first-order valence-electron chi connectivity index (χ1n) is 7.15. The van der Waals surface area contributed by atoms with Crippen LogP contribution < -0.4 is 5.32 Å². The Labute approximate surface area is 111 Å². The number of hydrogen-bond donors (Lipinski definition) is 2. The van der Waals surface area contributed by atoms with Crippen LogP contribution in [0, 0.1) is 5.41 Å². The number of aliphatic hydroxyl groups excluding tert-OH is 1. The van der Waals surface area contributed by atoms with E-state index in [4.69, 9.17) is 0 Å². The van der Waals surface area contributed by atoms with Crippen molar-refractivity contribution < 1.29 is 5.11 Å². The van der Waals surface area contributed by atoms with Crippen LogP contribution in [0.25, 0.3) is 0 Å². The van der Waals surface area contributed by atoms with E-state index in [-0.39, 0.29) is 5.41 Å². The van der Waals surface area contributed by atoms with Crippen molar-refractivity contribution in [2.24, 2.45) is 5.41 Å². The lowest BCUT2D eigenvalue weighted by Gasteiger charge is -2.31. The molecular formula is C14H29NOS. The normalized spacial score (nSPS) is 25.4. The zero-order chi connectivity index (χ0) is 12.7. The first-order valence-corrected chi connectivity index (χ1v) is 8.20. The summed E-state index contributed by atoms with van der Waals surface area (Å²) < 4.78 is 0. The summed E-state index contributed by atoms with van der Waals surface area (Å²) in [5.41, 5.74) is 0.107. The predicted octanol–water partition coefficient (Wildman–Crippen LogP) is 3.05. The number of thioether (sulfide) groups is 1. The number of aliphatic hydroxyl groups is 1. The third-order valence-corrected chi connectivity index (χ3v) is 5.62. The molecule has 0 aromatic heterocycles. The zero-order valence-corrected chi connectivity index (χ0v) is 12.5. The maximum absolute atomic E-state index is 9.54. The number of nitrogens with one attached hydrogen (secondary N) is 1. The van der Waals surface area contributed by atoms with Crippen molar-refractivity contribution >= 4 is 11.8 Å². The van der Waals surface area contributed by atoms with Gasteiger partial charge in [0.25, 0.3) is 0 Å². The molecule has 2 N–H and O–H groups in total. The van der Waals surface area contributed by atoms with Gasteiger partial charge in [0.15, 0.2) is 0 Å². The quantitative estimate of drug-likeness (QED) is 0.703. The molecule has 2 atom stereocenters. The van der Waals surface area contributed by atoms with Gasteiger partial charge in [-0.1, -0.05) is 20.8 Å². The van der Waals surface area contributed by atoms with E-state index in [0.29, 0.717) is 12.6 Å². The molecule has 0 saturated heterocycles. The Hall–Kier alpha value is 0.270. The Kier molecular flexibility index (Phi) is 6.90. The highest BCUT2D eigenvalue weighted by molar-refractivity contribution is 7.99. The van der Waals surface area contributed by atoms with E-state index >= 15 is 0 Å². The second kappa shape index (κ2) is 7.65. The molecular weight excluding hydrogens is 230 g/mol. The Morgan fingerprint density at radius 1 is 1.24 bits per heavy atom. The van der Waals surface area contributed by atoms with Crippen LogP contribution in [0.5, 0.6) is 0 Å². The van der Waals surface area contributed by atoms with Gasteiger partial charge in [-0.25, -0.2) is 0 Å². The van der Waals surface area contributed by atoms with Gasteiger partial charge in [-0.05, 0) is 37.9 Å². The van der Waals surface area contributed by atoms with Crippen molar-refractivity contribution in [3.63, 3.8) is 0 Å². The summed E-state index contributed by atoms with van der Waals surface area (Å²) >= 11 is 2.10. The standard InChI is InChI=1S/C14H29NOS/c1-4-14(5-2,11-16)10-15-12-7-8-13(9-12)17-6-3/h12-13,15-16H,4-11H2,1-3H3. The second-order valence-electron chi connectivity index (χ2n) is 5.33. The Bertz CT molecular complexity index is 198. The molecule has 0 spiro atoms. The minimum atomic E-state index is 0.107. The van der Waals surface area contributed by atoms with Crippen LogP contribution in [-0.2, 0) is 0 Å². The molecule has 1 aliphatic rings. The van der Waals surface area contributed by atoms with Crippen molar-refractivity contribution in [1.82, 2.24) is 5.32 Å². The highest BCUT2D eigenvalue weighted by atomic mass is 32.2. The van der Waals surface area contributed by atoms with Crippen LogP contribution in [0.4, 0.5) is 0 Å². The molecule has 17 heavy (non-hydrogen) atoms. The van der Waals surface area contributed by atoms with Gasteiger partial charge in [0.1, 0.15) is 0 Å². The molecule has 2 nitrogen and oxygen atoms in total. The van der Waals surface area contributed by atoms with Crippen molar-refractivity contribution in [3.05, 3.63) is 0 Å². The van der Waals surface area contributed by atoms with Gasteiger partial charge in [-0.15, -0.1) is 0 Å². The lowest BCUT2D eigenvalue weighted by molar-refractivity contribution is 0.110. The summed E-state index contributed by atoms with van der Waals surface area (Å²) in [6.45, 7) is 7.91. The van der Waals surface area contributed by atoms with Gasteiger partial charge < -0.3 is 10.4 Å². The average molecular weight is 259 g/mol. The molecule has 1 aliphatic carbocycles. The molecule has 0 bridgehead atoms. The predicted molar refractivity (Wildman–Crippen MR) is 77.7 cm³/mol. The molecule has 0 amide bonds. The second-order valence-corrected chi connectivity index (χ2v) is 6.91. The van der Waals surface area contributed by atoms with E-state index in [9.17, 15) is 5.11 Å². The Balaban J connectivity index is 2.31. The highest BCUT2D eigenvalue weighted by Crippen LogP contribution is 2.31. The van der Waals surface area contributed by atoms with Gasteiger partial charge in [0.2, 0.25) is 0 Å². The number of rotatable bonds is 8. The van der Waals surface area contributed by atoms with Gasteiger partial charge in [0, 0.05) is 29.9 Å². The molecule has 0 radical (unpaired) electrons. The first-order chi connectivity index (χ1) is 8.19. The van der Waals surface area contributed by atoms with Crippen molar-refractivity contribution in [3.8, 4) is 0 Å². The third-order valence-electron chi connectivity index (χ3n) is 4.39. The smallest absolute Gasteiger partial charge is 0.0499 e. The molecule has 1 rings (SSSR count). The molecule has 0 aromatic rings. The largest absolute Gasteiger partial charge is 0.396 e. The van der Waals surface area contributed by atoms with Gasteiger partial charge in [0.05, 0.1) is 0 Å². The lowest BCUT2D eigenvalue weighted by Crippen LogP contribution is -2.40. The van der Waals surface area contributed by atoms with Gasteiger partial charge >= 0.3 is 0 Å². The van der Waals surface area contributed by atoms with Gasteiger partial charge in [-0.3, -0.25) is 0 Å². The molecule has 102 valence electrons. The van der Waals surface area contributed by atoms with Crippen molar-refractivity contribution in [2.75, 3.05) is 18.9 Å². The van der Waals surface area contributed by atoms with Gasteiger partial charge in [-0.2, -0.15) is 11.8 Å². The van der Waals surface area contributed by atoms with E-state index in [0.717, 1.165) is 24.6 Å². The number of hydrogen-bond acceptors (Lipinski definition) is 3. The van der Waals surface area contributed by atoms with Crippen LogP contribution in [0.15, 0.2) is 0 Å². The van der Waals surface area contributed by atoms with E-state index in [2.05, 4.69) is 37.8 Å². The molecule has 0 aromatic carbocycles. The first kappa shape index (κ1) is 15.3. The highest BCUT2D eigenvalue weighted by Gasteiger charge is 2.29. The van der Waals surface area contributed by atoms with E-state index in [1.807, 2.05) is 0 Å². The maximum atomic E-state index is 9.54. The lowest BCUT2D eigenvalue weighted by atomic mass is 9.83. The molecule has 0 aliphatic heterocycles. The van der Waals surface area contributed by atoms with E-state index in [1.165, 1.54) is 25.0 Å². The monoisotopic (exact) mass is 259 g/mol. The summed E-state index contributed by atoms with van der Waals surface area (Å²) in [4.78, 5) is 0. The Morgan fingerprint density at radius 2 is 1.94 bits per heavy atom. The van der Waals surface area contributed by atoms with Crippen molar-refractivity contribution in [1.29, 1.82) is 0 Å². The summed E-state index contributed by atoms with van der Waals surface area (Å²) in [5, 5.41) is 14.1. The fourth-order valence-corrected chi connectivity index (χ4v) is 3.80. The van der Waals surface area contributed by atoms with Crippen LogP contribution in [0.2, 0.25) is 0 Å². The molecule has 1 saturated carbocycles. The maximum Gasteiger partial charge on any atom is 0.0499 e. The summed E-state index contributed by atoms with van der Waals surface area (Å²) in [5.74, 6) is 1.24. The molecule has 1 fully saturated rings. The topological polar surface area (TPSA) is 32.3 Å². The summed E-state index contributed by atoms with van der Waals surface area (Å²) in [7, 11) is 0. The zero-order valence-electron chi connectivity index (χ0n) is 11.7. The third kappa shape index (κ3) is 4.46. The molecule has 0 heterocycles. The van der Waals surface area contributed by atoms with E-state index in [1.54, 1.807) is 0 Å². The fraction of sp³-hybridized carbons (Fsp3) is 1.00. The average Bonchev–Trinajstić information content (AvgIpc) is 2.80. The van der Waals surface area contributed by atoms with Crippen LogP contribution in [0.1, 0.15) is 52.9 Å². The van der Waals surface area contributed by atoms with Crippen molar-refractivity contribution in [2.45, 2.75) is 64.2 Å². The van der Waals surface area contributed by atoms with Crippen LogP contribution in [-0.4, -0.2) is 35.3 Å². The van der Waals surface area contributed by atoms with Crippen LogP contribution >= 0.6 is 11.8 Å². The van der Waals surface area contributed by atoms with Crippen LogP contribution in [0.3, 0.4) is 0 Å². The summed E-state index contributed by atoms with van der Waals surface area (Å²) in [6, 6.07) is 0.683. The fourth-order valence-electron chi connectivity index (χ4n) is 2.65. The minimum absolute atomic E-state index is 0.107. The summed E-state index contributed by atoms with van der Waals surface area (Å²) in [6.07, 6.45) is 6.11. The SMILES string of the molecule is CCSC1CCC(NCC(CC)(CC)CO)C1. The minimum Gasteiger partial charge on any atom is -0.396 e. The van der Waals surface area contributed by atoms with E-state index < -0.39 is 0 Å². The molecule has 2 unspecified atom stereocenters.